The van der Waals surface area contributed by atoms with Crippen LogP contribution in [0.2, 0.25) is 0 Å². The second-order valence-electron chi connectivity index (χ2n) is 5.48. The van der Waals surface area contributed by atoms with Gasteiger partial charge in [-0.2, -0.15) is 0 Å². The van der Waals surface area contributed by atoms with Gasteiger partial charge in [0.15, 0.2) is 6.29 Å². The molecule has 0 aromatic heterocycles. The Morgan fingerprint density at radius 1 is 1.19 bits per heavy atom. The minimum Gasteiger partial charge on any atom is -0.394 e. The van der Waals surface area contributed by atoms with E-state index in [-0.39, 0.29) is 19.8 Å². The number of nitrogens with zero attached hydrogens (tertiary/aromatic N) is 3. The molecule has 1 heterocycles. The van der Waals surface area contributed by atoms with Crippen LogP contribution in [-0.2, 0) is 23.7 Å². The SMILES string of the molecule is CC(=O)N[C@H]1[C@H](OCCOCCOCCN=[N+]=[N-])O[C@H](CO)[C@H](O)[C@@H]1O. The molecule has 0 spiro atoms. The van der Waals surface area contributed by atoms with Crippen molar-refractivity contribution in [3.8, 4) is 0 Å². The molecule has 0 aromatic carbocycles. The van der Waals surface area contributed by atoms with E-state index in [1.165, 1.54) is 6.92 Å². The van der Waals surface area contributed by atoms with Crippen LogP contribution in [-0.4, -0.2) is 98.1 Å². The standard InChI is InChI=1S/C14H26N4O8/c1-9(20)17-11-13(22)12(21)10(8-19)26-14(11)25-7-6-24-5-4-23-3-2-16-18-15/h10-14,19,21-22H,2-8H2,1H3,(H,17,20)/t10-,11-,12+,13-,14-/m1/s1. The summed E-state index contributed by atoms with van der Waals surface area (Å²) in [6.07, 6.45) is -4.76. The van der Waals surface area contributed by atoms with Crippen molar-refractivity contribution >= 4 is 5.91 Å². The third-order valence-corrected chi connectivity index (χ3v) is 3.53. The highest BCUT2D eigenvalue weighted by Crippen LogP contribution is 2.22. The maximum atomic E-state index is 11.3. The largest absolute Gasteiger partial charge is 0.394 e. The number of hydrogen-bond donors (Lipinski definition) is 4. The van der Waals surface area contributed by atoms with E-state index in [1.54, 1.807) is 0 Å². The van der Waals surface area contributed by atoms with Crippen molar-refractivity contribution in [2.75, 3.05) is 46.2 Å². The van der Waals surface area contributed by atoms with Gasteiger partial charge in [-0.15, -0.1) is 0 Å². The summed E-state index contributed by atoms with van der Waals surface area (Å²) in [5.74, 6) is -0.421. The number of carbonyl (C=O) groups excluding carboxylic acids is 1. The highest BCUT2D eigenvalue weighted by molar-refractivity contribution is 5.73. The van der Waals surface area contributed by atoms with Gasteiger partial charge in [-0.3, -0.25) is 4.79 Å². The van der Waals surface area contributed by atoms with Crippen molar-refractivity contribution < 1.29 is 39.1 Å². The molecule has 150 valence electrons. The van der Waals surface area contributed by atoms with Gasteiger partial charge in [0.05, 0.1) is 39.6 Å². The Labute approximate surface area is 150 Å². The van der Waals surface area contributed by atoms with Crippen LogP contribution in [0.4, 0.5) is 0 Å². The summed E-state index contributed by atoms with van der Waals surface area (Å²) in [6.45, 7) is 2.25. The zero-order chi connectivity index (χ0) is 19.4. The molecule has 0 radical (unpaired) electrons. The van der Waals surface area contributed by atoms with E-state index in [9.17, 15) is 20.1 Å². The van der Waals surface area contributed by atoms with Crippen LogP contribution < -0.4 is 5.32 Å². The molecule has 0 aliphatic carbocycles. The van der Waals surface area contributed by atoms with Crippen molar-refractivity contribution in [1.82, 2.24) is 5.32 Å². The third-order valence-electron chi connectivity index (χ3n) is 3.53. The zero-order valence-electron chi connectivity index (χ0n) is 14.6. The molecule has 0 aromatic rings. The van der Waals surface area contributed by atoms with Crippen molar-refractivity contribution in [2.45, 2.75) is 37.6 Å². The average Bonchev–Trinajstić information content (AvgIpc) is 2.62. The van der Waals surface area contributed by atoms with Gasteiger partial charge in [-0.25, -0.2) is 0 Å². The number of carbonyl (C=O) groups is 1. The predicted octanol–water partition coefficient (Wildman–Crippen LogP) is -1.71. The number of azide groups is 1. The summed E-state index contributed by atoms with van der Waals surface area (Å²) < 4.78 is 21.3. The molecule has 0 unspecified atom stereocenters. The summed E-state index contributed by atoms with van der Waals surface area (Å²) >= 11 is 0. The third kappa shape index (κ3) is 7.81. The highest BCUT2D eigenvalue weighted by atomic mass is 16.7. The van der Waals surface area contributed by atoms with Crippen LogP contribution in [0.3, 0.4) is 0 Å². The van der Waals surface area contributed by atoms with Crippen LogP contribution in [0.5, 0.6) is 0 Å². The summed E-state index contributed by atoms with van der Waals surface area (Å²) in [5.41, 5.74) is 8.09. The van der Waals surface area contributed by atoms with E-state index in [4.69, 9.17) is 24.5 Å². The summed E-state index contributed by atoms with van der Waals surface area (Å²) in [4.78, 5) is 13.9. The molecule has 12 heteroatoms. The first kappa shape index (κ1) is 22.5. The van der Waals surface area contributed by atoms with E-state index in [2.05, 4.69) is 15.3 Å². The quantitative estimate of drug-likeness (QED) is 0.134. The van der Waals surface area contributed by atoms with Gasteiger partial charge in [0.25, 0.3) is 0 Å². The van der Waals surface area contributed by atoms with E-state index in [0.717, 1.165) is 0 Å². The molecule has 26 heavy (non-hydrogen) atoms. The molecular weight excluding hydrogens is 352 g/mol. The van der Waals surface area contributed by atoms with Crippen LogP contribution >= 0.6 is 0 Å². The zero-order valence-corrected chi connectivity index (χ0v) is 14.6. The molecule has 1 amide bonds. The smallest absolute Gasteiger partial charge is 0.217 e. The fraction of sp³-hybridized carbons (Fsp3) is 0.929. The van der Waals surface area contributed by atoms with E-state index in [0.29, 0.717) is 19.8 Å². The van der Waals surface area contributed by atoms with Gasteiger partial charge in [0.2, 0.25) is 5.91 Å². The molecule has 1 aliphatic rings. The first-order chi connectivity index (χ1) is 12.5. The van der Waals surface area contributed by atoms with Gasteiger partial charge < -0.3 is 39.6 Å². The number of amides is 1. The Kier molecular flexibility index (Phi) is 11.1. The Hall–Kier alpha value is -1.50. The van der Waals surface area contributed by atoms with Gasteiger partial charge in [-0.05, 0) is 5.53 Å². The lowest BCUT2D eigenvalue weighted by molar-refractivity contribution is -0.272. The minimum absolute atomic E-state index is 0.0977. The maximum Gasteiger partial charge on any atom is 0.217 e. The molecule has 1 saturated heterocycles. The molecule has 5 atom stereocenters. The van der Waals surface area contributed by atoms with Crippen LogP contribution in [0.1, 0.15) is 6.92 Å². The maximum absolute atomic E-state index is 11.3. The van der Waals surface area contributed by atoms with Crippen molar-refractivity contribution in [3.63, 3.8) is 0 Å². The normalized spacial score (nSPS) is 28.4. The summed E-state index contributed by atoms with van der Waals surface area (Å²) in [7, 11) is 0. The lowest BCUT2D eigenvalue weighted by atomic mass is 9.97. The molecule has 1 fully saturated rings. The molecule has 0 bridgehead atoms. The Bertz CT molecular complexity index is 462. The number of rotatable bonds is 12. The summed E-state index contributed by atoms with van der Waals surface area (Å²) in [6, 6.07) is -0.977. The number of aliphatic hydroxyl groups excluding tert-OH is 3. The number of ether oxygens (including phenoxy) is 4. The lowest BCUT2D eigenvalue weighted by Crippen LogP contribution is -2.64. The lowest BCUT2D eigenvalue weighted by Gasteiger charge is -2.42. The molecule has 12 nitrogen and oxygen atoms in total. The summed E-state index contributed by atoms with van der Waals surface area (Å²) in [5, 5.41) is 35.0. The van der Waals surface area contributed by atoms with E-state index in [1.807, 2.05) is 0 Å². The Balaban J connectivity index is 2.30. The second-order valence-corrected chi connectivity index (χ2v) is 5.48. The highest BCUT2D eigenvalue weighted by Gasteiger charge is 2.45. The van der Waals surface area contributed by atoms with Crippen molar-refractivity contribution in [1.29, 1.82) is 0 Å². The molecular formula is C14H26N4O8. The van der Waals surface area contributed by atoms with Crippen molar-refractivity contribution in [2.24, 2.45) is 5.11 Å². The predicted molar refractivity (Wildman–Crippen MR) is 87.0 cm³/mol. The molecule has 4 N–H and O–H groups in total. The Morgan fingerprint density at radius 3 is 2.46 bits per heavy atom. The van der Waals surface area contributed by atoms with Gasteiger partial charge >= 0.3 is 0 Å². The molecule has 1 aliphatic heterocycles. The van der Waals surface area contributed by atoms with Crippen molar-refractivity contribution in [3.05, 3.63) is 10.4 Å². The van der Waals surface area contributed by atoms with Crippen LogP contribution in [0, 0.1) is 0 Å². The fourth-order valence-electron chi connectivity index (χ4n) is 2.31. The first-order valence-corrected chi connectivity index (χ1v) is 8.18. The average molecular weight is 378 g/mol. The number of aliphatic hydroxyl groups is 3. The van der Waals surface area contributed by atoms with Crippen LogP contribution in [0.15, 0.2) is 5.11 Å². The van der Waals surface area contributed by atoms with Gasteiger partial charge in [0.1, 0.15) is 24.4 Å². The monoisotopic (exact) mass is 378 g/mol. The fourth-order valence-corrected chi connectivity index (χ4v) is 2.31. The van der Waals surface area contributed by atoms with Gasteiger partial charge in [0, 0.05) is 18.4 Å². The van der Waals surface area contributed by atoms with E-state index >= 15 is 0 Å². The second kappa shape index (κ2) is 12.8. The topological polar surface area (TPSA) is 175 Å². The molecule has 0 saturated carbocycles. The van der Waals surface area contributed by atoms with Crippen LogP contribution in [0.25, 0.3) is 10.4 Å². The first-order valence-electron chi connectivity index (χ1n) is 8.18. The minimum atomic E-state index is -1.35. The Morgan fingerprint density at radius 2 is 1.85 bits per heavy atom. The van der Waals surface area contributed by atoms with E-state index < -0.39 is 43.2 Å². The molecule has 1 rings (SSSR count). The van der Waals surface area contributed by atoms with Gasteiger partial charge in [-0.1, -0.05) is 5.11 Å². The number of nitrogens with one attached hydrogen (secondary N) is 1. The number of hydrogen-bond acceptors (Lipinski definition) is 9.